The van der Waals surface area contributed by atoms with Gasteiger partial charge in [-0.3, -0.25) is 9.59 Å². The third-order valence-electron chi connectivity index (χ3n) is 3.62. The molecule has 0 spiro atoms. The van der Waals surface area contributed by atoms with E-state index in [9.17, 15) is 9.59 Å². The van der Waals surface area contributed by atoms with Gasteiger partial charge < -0.3 is 15.5 Å². The fourth-order valence-corrected chi connectivity index (χ4v) is 2.38. The molecule has 0 aromatic rings. The highest BCUT2D eigenvalue weighted by atomic mass is 16.2. The topological polar surface area (TPSA) is 66.6 Å². The number of nitrogens with two attached hydrogens (primary N) is 1. The van der Waals surface area contributed by atoms with Crippen LogP contribution in [0, 0.1) is 5.41 Å². The monoisotopic (exact) mass is 241 g/mol. The van der Waals surface area contributed by atoms with Crippen LogP contribution in [0.5, 0.6) is 0 Å². The Morgan fingerprint density at radius 1 is 1.18 bits per heavy atom. The highest BCUT2D eigenvalue weighted by Gasteiger charge is 2.41. The normalized spacial score (nSPS) is 17.9. The maximum absolute atomic E-state index is 12.3. The molecule has 1 aliphatic carbocycles. The summed E-state index contributed by atoms with van der Waals surface area (Å²) in [6.07, 6.45) is 3.81. The average Bonchev–Trinajstić information content (AvgIpc) is 2.77. The molecule has 0 radical (unpaired) electrons. The van der Waals surface area contributed by atoms with Gasteiger partial charge in [-0.05, 0) is 12.8 Å². The van der Waals surface area contributed by atoms with E-state index in [0.717, 1.165) is 25.7 Å². The summed E-state index contributed by atoms with van der Waals surface area (Å²) in [5.41, 5.74) is 5.34. The Labute approximate surface area is 103 Å². The molecule has 0 unspecified atom stereocenters. The van der Waals surface area contributed by atoms with Crippen LogP contribution in [0.3, 0.4) is 0 Å². The predicted octanol–water partition coefficient (Wildman–Crippen LogP) is 0.0521. The summed E-state index contributed by atoms with van der Waals surface area (Å²) in [6, 6.07) is 0. The summed E-state index contributed by atoms with van der Waals surface area (Å²) in [6.45, 7) is 0.514. The molecule has 5 nitrogen and oxygen atoms in total. The molecular formula is C12H23N3O2. The Hall–Kier alpha value is -1.10. The summed E-state index contributed by atoms with van der Waals surface area (Å²) in [7, 11) is 5.06. The molecule has 1 aliphatic rings. The van der Waals surface area contributed by atoms with Crippen molar-refractivity contribution < 1.29 is 9.59 Å². The molecule has 2 N–H and O–H groups in total. The lowest BCUT2D eigenvalue weighted by molar-refractivity contribution is -0.144. The van der Waals surface area contributed by atoms with Crippen LogP contribution in [-0.2, 0) is 9.59 Å². The number of nitrogens with zero attached hydrogens (tertiary/aromatic N) is 2. The number of carbonyl (C=O) groups is 2. The van der Waals surface area contributed by atoms with Gasteiger partial charge in [0.1, 0.15) is 0 Å². The molecule has 2 amide bonds. The number of amides is 2. The molecular weight excluding hydrogens is 218 g/mol. The minimum Gasteiger partial charge on any atom is -0.347 e. The molecule has 1 fully saturated rings. The van der Waals surface area contributed by atoms with Crippen molar-refractivity contribution in [2.24, 2.45) is 11.1 Å². The van der Waals surface area contributed by atoms with Gasteiger partial charge in [-0.15, -0.1) is 0 Å². The third kappa shape index (κ3) is 2.97. The molecule has 17 heavy (non-hydrogen) atoms. The van der Waals surface area contributed by atoms with Crippen molar-refractivity contribution in [3.8, 4) is 0 Å². The van der Waals surface area contributed by atoms with Crippen LogP contribution < -0.4 is 5.73 Å². The molecule has 5 heteroatoms. The van der Waals surface area contributed by atoms with Gasteiger partial charge >= 0.3 is 0 Å². The van der Waals surface area contributed by atoms with Crippen LogP contribution >= 0.6 is 0 Å². The number of carbonyl (C=O) groups excluding carboxylic acids is 2. The fourth-order valence-electron chi connectivity index (χ4n) is 2.38. The first-order valence-electron chi connectivity index (χ1n) is 6.09. The van der Waals surface area contributed by atoms with Crippen molar-refractivity contribution in [3.63, 3.8) is 0 Å². The summed E-state index contributed by atoms with van der Waals surface area (Å²) in [5, 5.41) is 0. The van der Waals surface area contributed by atoms with Crippen LogP contribution in [0.4, 0.5) is 0 Å². The second-order valence-electron chi connectivity index (χ2n) is 5.14. The lowest BCUT2D eigenvalue weighted by Gasteiger charge is -2.31. The second-order valence-corrected chi connectivity index (χ2v) is 5.14. The largest absolute Gasteiger partial charge is 0.347 e. The maximum atomic E-state index is 12.3. The van der Waals surface area contributed by atoms with E-state index in [2.05, 4.69) is 0 Å². The molecule has 0 atom stereocenters. The van der Waals surface area contributed by atoms with E-state index in [4.69, 9.17) is 5.73 Å². The van der Waals surface area contributed by atoms with Crippen LogP contribution in [-0.4, -0.2) is 55.8 Å². The lowest BCUT2D eigenvalue weighted by Crippen LogP contribution is -2.48. The van der Waals surface area contributed by atoms with Crippen molar-refractivity contribution >= 4 is 11.8 Å². The van der Waals surface area contributed by atoms with Crippen molar-refractivity contribution in [1.29, 1.82) is 0 Å². The molecule has 1 saturated carbocycles. The first kappa shape index (κ1) is 14.0. The molecule has 0 heterocycles. The van der Waals surface area contributed by atoms with Crippen molar-refractivity contribution in [3.05, 3.63) is 0 Å². The van der Waals surface area contributed by atoms with E-state index in [0.29, 0.717) is 6.54 Å². The van der Waals surface area contributed by atoms with E-state index < -0.39 is 5.41 Å². The predicted molar refractivity (Wildman–Crippen MR) is 66.3 cm³/mol. The van der Waals surface area contributed by atoms with E-state index in [1.807, 2.05) is 0 Å². The van der Waals surface area contributed by atoms with Crippen LogP contribution in [0.2, 0.25) is 0 Å². The highest BCUT2D eigenvalue weighted by Crippen LogP contribution is 2.38. The quantitative estimate of drug-likeness (QED) is 0.756. The standard InChI is InChI=1S/C12H23N3O2/c1-14(2)10(16)8-15(3)11(17)12(9-13)6-4-5-7-12/h4-9,13H2,1-3H3. The zero-order chi connectivity index (χ0) is 13.1. The second kappa shape index (κ2) is 5.49. The highest BCUT2D eigenvalue weighted by molar-refractivity contribution is 5.88. The van der Waals surface area contributed by atoms with Crippen molar-refractivity contribution in [2.75, 3.05) is 34.2 Å². The van der Waals surface area contributed by atoms with Crippen molar-refractivity contribution in [2.45, 2.75) is 25.7 Å². The molecule has 0 saturated heterocycles. The first-order chi connectivity index (χ1) is 7.93. The van der Waals surface area contributed by atoms with Gasteiger partial charge in [0, 0.05) is 27.7 Å². The fraction of sp³-hybridized carbons (Fsp3) is 0.833. The van der Waals surface area contributed by atoms with Crippen LogP contribution in [0.25, 0.3) is 0 Å². The van der Waals surface area contributed by atoms with E-state index in [-0.39, 0.29) is 18.4 Å². The zero-order valence-electron chi connectivity index (χ0n) is 11.0. The van der Waals surface area contributed by atoms with Gasteiger partial charge in [-0.2, -0.15) is 0 Å². The first-order valence-corrected chi connectivity index (χ1v) is 6.09. The molecule has 0 aromatic carbocycles. The molecule has 0 aromatic heterocycles. The Bertz CT molecular complexity index is 296. The van der Waals surface area contributed by atoms with E-state index in [1.54, 1.807) is 21.1 Å². The summed E-state index contributed by atoms with van der Waals surface area (Å²) >= 11 is 0. The van der Waals surface area contributed by atoms with Gasteiger partial charge in [-0.25, -0.2) is 0 Å². The smallest absolute Gasteiger partial charge is 0.241 e. The Kier molecular flexibility index (Phi) is 4.51. The van der Waals surface area contributed by atoms with Crippen molar-refractivity contribution in [1.82, 2.24) is 9.80 Å². The minimum atomic E-state index is -0.415. The average molecular weight is 241 g/mol. The van der Waals surface area contributed by atoms with Gasteiger partial charge in [0.25, 0.3) is 0 Å². The molecule has 98 valence electrons. The van der Waals surface area contributed by atoms with Gasteiger partial charge in [-0.1, -0.05) is 12.8 Å². The molecule has 0 bridgehead atoms. The minimum absolute atomic E-state index is 0.0210. The number of hydrogen-bond donors (Lipinski definition) is 1. The molecule has 0 aliphatic heterocycles. The van der Waals surface area contributed by atoms with E-state index >= 15 is 0 Å². The lowest BCUT2D eigenvalue weighted by atomic mass is 9.85. The Morgan fingerprint density at radius 2 is 1.71 bits per heavy atom. The Morgan fingerprint density at radius 3 is 2.12 bits per heavy atom. The van der Waals surface area contributed by atoms with Gasteiger partial charge in [0.2, 0.25) is 11.8 Å². The van der Waals surface area contributed by atoms with Crippen LogP contribution in [0.1, 0.15) is 25.7 Å². The Balaban J connectivity index is 2.65. The molecule has 1 rings (SSSR count). The summed E-state index contributed by atoms with van der Waals surface area (Å²) in [5.74, 6) is -0.0429. The number of likely N-dealkylation sites (N-methyl/N-ethyl adjacent to an activating group) is 2. The SMILES string of the molecule is CN(C)C(=O)CN(C)C(=O)C1(CN)CCCC1. The van der Waals surface area contributed by atoms with Crippen LogP contribution in [0.15, 0.2) is 0 Å². The number of hydrogen-bond acceptors (Lipinski definition) is 3. The van der Waals surface area contributed by atoms with Gasteiger partial charge in [0.05, 0.1) is 12.0 Å². The maximum Gasteiger partial charge on any atom is 0.241 e. The summed E-state index contributed by atoms with van der Waals surface area (Å²) in [4.78, 5) is 26.9. The summed E-state index contributed by atoms with van der Waals surface area (Å²) < 4.78 is 0. The van der Waals surface area contributed by atoms with Gasteiger partial charge in [0.15, 0.2) is 0 Å². The number of rotatable bonds is 4. The van der Waals surface area contributed by atoms with E-state index in [1.165, 1.54) is 9.80 Å². The third-order valence-corrected chi connectivity index (χ3v) is 3.62. The zero-order valence-corrected chi connectivity index (χ0v) is 11.0.